The molecule has 2 rings (SSSR count). The van der Waals surface area contributed by atoms with Crippen molar-refractivity contribution in [2.75, 3.05) is 11.9 Å². The standard InChI is InChI=1S/C11H14N4O.HI/c12-11(13)14-6-5-8-7-3-1-2-4-9(7)15-10(8)16;/h1-4,8H,5-6H2,(H,15,16)(H4,12,13,14);1H. The van der Waals surface area contributed by atoms with Crippen LogP contribution >= 0.6 is 24.0 Å². The molecule has 0 bridgehead atoms. The predicted molar refractivity (Wildman–Crippen MR) is 78.5 cm³/mol. The summed E-state index contributed by atoms with van der Waals surface area (Å²) in [5.74, 6) is -0.0574. The SMILES string of the molecule is I.NC(N)=NCCC1C(=O)Nc2ccccc21. The molecule has 0 spiro atoms. The zero-order chi connectivity index (χ0) is 11.5. The number of hydrogen-bond acceptors (Lipinski definition) is 2. The van der Waals surface area contributed by atoms with Crippen molar-refractivity contribution in [2.24, 2.45) is 16.5 Å². The Labute approximate surface area is 117 Å². The number of fused-ring (bicyclic) bond motifs is 1. The highest BCUT2D eigenvalue weighted by atomic mass is 127. The summed E-state index contributed by atoms with van der Waals surface area (Å²) in [5, 5.41) is 2.84. The van der Waals surface area contributed by atoms with E-state index >= 15 is 0 Å². The summed E-state index contributed by atoms with van der Waals surface area (Å²) in [4.78, 5) is 15.6. The van der Waals surface area contributed by atoms with E-state index in [1.807, 2.05) is 24.3 Å². The molecule has 1 aliphatic rings. The average molecular weight is 346 g/mol. The van der Waals surface area contributed by atoms with Crippen molar-refractivity contribution < 1.29 is 4.79 Å². The molecule has 92 valence electrons. The normalized spacial score (nSPS) is 16.7. The van der Waals surface area contributed by atoms with Crippen molar-refractivity contribution >= 4 is 41.5 Å². The lowest BCUT2D eigenvalue weighted by molar-refractivity contribution is -0.117. The number of benzene rings is 1. The van der Waals surface area contributed by atoms with Crippen LogP contribution in [0.1, 0.15) is 17.9 Å². The molecule has 0 aliphatic carbocycles. The van der Waals surface area contributed by atoms with Crippen molar-refractivity contribution in [1.82, 2.24) is 0 Å². The number of carbonyl (C=O) groups excluding carboxylic acids is 1. The molecule has 17 heavy (non-hydrogen) atoms. The van der Waals surface area contributed by atoms with Crippen LogP contribution in [-0.2, 0) is 4.79 Å². The average Bonchev–Trinajstić information content (AvgIpc) is 2.55. The van der Waals surface area contributed by atoms with Gasteiger partial charge in [-0.15, -0.1) is 24.0 Å². The van der Waals surface area contributed by atoms with E-state index in [0.29, 0.717) is 13.0 Å². The minimum absolute atomic E-state index is 0. The van der Waals surface area contributed by atoms with E-state index in [1.54, 1.807) is 0 Å². The molecule has 5 nitrogen and oxygen atoms in total. The molecule has 0 radical (unpaired) electrons. The van der Waals surface area contributed by atoms with Gasteiger partial charge >= 0.3 is 0 Å². The van der Waals surface area contributed by atoms with Gasteiger partial charge in [0.25, 0.3) is 0 Å². The Balaban J connectivity index is 0.00000144. The summed E-state index contributed by atoms with van der Waals surface area (Å²) in [5.41, 5.74) is 12.4. The quantitative estimate of drug-likeness (QED) is 0.433. The fourth-order valence-electron chi connectivity index (χ4n) is 1.89. The number of halogens is 1. The maximum atomic E-state index is 11.7. The van der Waals surface area contributed by atoms with Crippen molar-refractivity contribution in [2.45, 2.75) is 12.3 Å². The first-order chi connectivity index (χ1) is 7.68. The summed E-state index contributed by atoms with van der Waals surface area (Å²) in [6, 6.07) is 7.67. The minimum Gasteiger partial charge on any atom is -0.370 e. The summed E-state index contributed by atoms with van der Waals surface area (Å²) >= 11 is 0. The van der Waals surface area contributed by atoms with Crippen LogP contribution in [-0.4, -0.2) is 18.4 Å². The molecule has 1 aromatic carbocycles. The molecule has 1 aliphatic heterocycles. The molecule has 1 heterocycles. The third-order valence-corrected chi connectivity index (χ3v) is 2.62. The third kappa shape index (κ3) is 3.09. The summed E-state index contributed by atoms with van der Waals surface area (Å²) in [6.07, 6.45) is 0.626. The number of nitrogens with one attached hydrogen (secondary N) is 1. The number of anilines is 1. The number of amides is 1. The Kier molecular flexibility index (Phi) is 4.73. The van der Waals surface area contributed by atoms with Crippen LogP contribution in [0.25, 0.3) is 0 Å². The second kappa shape index (κ2) is 5.85. The molecule has 1 aromatic rings. The van der Waals surface area contributed by atoms with Gasteiger partial charge in [0.2, 0.25) is 5.91 Å². The highest BCUT2D eigenvalue weighted by Crippen LogP contribution is 2.34. The first-order valence-electron chi connectivity index (χ1n) is 5.13. The van der Waals surface area contributed by atoms with Gasteiger partial charge in [-0.3, -0.25) is 9.79 Å². The van der Waals surface area contributed by atoms with Crippen LogP contribution < -0.4 is 16.8 Å². The van der Waals surface area contributed by atoms with Crippen molar-refractivity contribution in [3.63, 3.8) is 0 Å². The lowest BCUT2D eigenvalue weighted by Crippen LogP contribution is -2.23. The van der Waals surface area contributed by atoms with E-state index in [0.717, 1.165) is 11.3 Å². The van der Waals surface area contributed by atoms with Crippen LogP contribution in [0.4, 0.5) is 5.69 Å². The molecular formula is C11H15IN4O. The number of nitrogens with zero attached hydrogens (tertiary/aromatic N) is 1. The molecule has 1 unspecified atom stereocenters. The van der Waals surface area contributed by atoms with E-state index in [1.165, 1.54) is 0 Å². The molecule has 0 fully saturated rings. The Hall–Kier alpha value is -1.31. The lowest BCUT2D eigenvalue weighted by Gasteiger charge is -2.06. The third-order valence-electron chi connectivity index (χ3n) is 2.62. The number of nitrogens with two attached hydrogens (primary N) is 2. The first-order valence-corrected chi connectivity index (χ1v) is 5.13. The maximum Gasteiger partial charge on any atom is 0.232 e. The fourth-order valence-corrected chi connectivity index (χ4v) is 1.89. The van der Waals surface area contributed by atoms with Gasteiger partial charge in [-0.05, 0) is 18.1 Å². The van der Waals surface area contributed by atoms with E-state index < -0.39 is 0 Å². The van der Waals surface area contributed by atoms with Crippen molar-refractivity contribution in [3.8, 4) is 0 Å². The molecule has 6 heteroatoms. The molecule has 5 N–H and O–H groups in total. The van der Waals surface area contributed by atoms with Gasteiger partial charge in [-0.25, -0.2) is 0 Å². The molecule has 1 atom stereocenters. The lowest BCUT2D eigenvalue weighted by atomic mass is 9.97. The zero-order valence-electron chi connectivity index (χ0n) is 9.22. The van der Waals surface area contributed by atoms with Gasteiger partial charge in [0.05, 0.1) is 5.92 Å². The Bertz CT molecular complexity index is 443. The van der Waals surface area contributed by atoms with E-state index in [2.05, 4.69) is 10.3 Å². The first kappa shape index (κ1) is 13.8. The van der Waals surface area contributed by atoms with Crippen LogP contribution in [0.2, 0.25) is 0 Å². The Morgan fingerprint density at radius 3 is 2.76 bits per heavy atom. The molecule has 0 saturated carbocycles. The van der Waals surface area contributed by atoms with E-state index in [-0.39, 0.29) is 41.8 Å². The number of aliphatic imine (C=N–C) groups is 1. The van der Waals surface area contributed by atoms with Gasteiger partial charge in [-0.1, -0.05) is 18.2 Å². The van der Waals surface area contributed by atoms with Crippen molar-refractivity contribution in [3.05, 3.63) is 29.8 Å². The van der Waals surface area contributed by atoms with Crippen LogP contribution in [0.15, 0.2) is 29.3 Å². The summed E-state index contributed by atoms with van der Waals surface area (Å²) < 4.78 is 0. The van der Waals surface area contributed by atoms with Gasteiger partial charge < -0.3 is 16.8 Å². The van der Waals surface area contributed by atoms with Gasteiger partial charge in [-0.2, -0.15) is 0 Å². The predicted octanol–water partition coefficient (Wildman–Crippen LogP) is 1.00. The van der Waals surface area contributed by atoms with E-state index in [9.17, 15) is 4.79 Å². The zero-order valence-corrected chi connectivity index (χ0v) is 11.5. The Morgan fingerprint density at radius 2 is 2.06 bits per heavy atom. The number of guanidine groups is 1. The highest BCUT2D eigenvalue weighted by molar-refractivity contribution is 14.0. The smallest absolute Gasteiger partial charge is 0.232 e. The summed E-state index contributed by atoms with van der Waals surface area (Å²) in [6.45, 7) is 0.467. The molecule has 0 aromatic heterocycles. The fraction of sp³-hybridized carbons (Fsp3) is 0.273. The molecular weight excluding hydrogens is 331 g/mol. The number of rotatable bonds is 3. The van der Waals surface area contributed by atoms with Crippen LogP contribution in [0.3, 0.4) is 0 Å². The summed E-state index contributed by atoms with van der Waals surface area (Å²) in [7, 11) is 0. The number of para-hydroxylation sites is 1. The second-order valence-corrected chi connectivity index (χ2v) is 3.72. The highest BCUT2D eigenvalue weighted by Gasteiger charge is 2.29. The second-order valence-electron chi connectivity index (χ2n) is 3.72. The van der Waals surface area contributed by atoms with Crippen molar-refractivity contribution in [1.29, 1.82) is 0 Å². The van der Waals surface area contributed by atoms with E-state index in [4.69, 9.17) is 11.5 Å². The minimum atomic E-state index is -0.140. The van der Waals surface area contributed by atoms with Gasteiger partial charge in [0.15, 0.2) is 5.96 Å². The number of hydrogen-bond donors (Lipinski definition) is 3. The molecule has 1 amide bonds. The largest absolute Gasteiger partial charge is 0.370 e. The Morgan fingerprint density at radius 1 is 1.35 bits per heavy atom. The van der Waals surface area contributed by atoms with Crippen LogP contribution in [0.5, 0.6) is 0 Å². The number of carbonyl (C=O) groups is 1. The van der Waals surface area contributed by atoms with Gasteiger partial charge in [0, 0.05) is 12.2 Å². The molecule has 0 saturated heterocycles. The van der Waals surface area contributed by atoms with Crippen LogP contribution in [0, 0.1) is 0 Å². The maximum absolute atomic E-state index is 11.7. The topological polar surface area (TPSA) is 93.5 Å². The monoisotopic (exact) mass is 346 g/mol. The van der Waals surface area contributed by atoms with Gasteiger partial charge in [0.1, 0.15) is 0 Å².